The first-order chi connectivity index (χ1) is 7.15. The number of nitrogens with two attached hydrogens (primary N) is 1. The first-order valence-electron chi connectivity index (χ1n) is 5.07. The van der Waals surface area contributed by atoms with Gasteiger partial charge in [0.25, 0.3) is 0 Å². The molecular formula is C11H17N3O. The highest BCUT2D eigenvalue weighted by Crippen LogP contribution is 2.05. The molecular weight excluding hydrogens is 190 g/mol. The number of nitrogens with zero attached hydrogens (tertiary/aromatic N) is 1. The molecule has 4 nitrogen and oxygen atoms in total. The molecule has 0 saturated heterocycles. The SMILES string of the molecule is CCC(NCc1ccncc1C)C(N)=O. The molecule has 1 aromatic heterocycles. The van der Waals surface area contributed by atoms with Crippen LogP contribution in [0.15, 0.2) is 18.5 Å². The summed E-state index contributed by atoms with van der Waals surface area (Å²) in [6.07, 6.45) is 4.26. The van der Waals surface area contributed by atoms with Crippen LogP contribution >= 0.6 is 0 Å². The van der Waals surface area contributed by atoms with Gasteiger partial charge in [0.2, 0.25) is 5.91 Å². The van der Waals surface area contributed by atoms with Crippen molar-refractivity contribution in [3.05, 3.63) is 29.6 Å². The molecule has 0 aliphatic heterocycles. The van der Waals surface area contributed by atoms with Gasteiger partial charge in [-0.25, -0.2) is 0 Å². The van der Waals surface area contributed by atoms with Gasteiger partial charge in [-0.2, -0.15) is 0 Å². The van der Waals surface area contributed by atoms with Gasteiger partial charge in [-0.1, -0.05) is 6.92 Å². The molecule has 0 fully saturated rings. The normalized spacial score (nSPS) is 12.4. The predicted molar refractivity (Wildman–Crippen MR) is 59.1 cm³/mol. The largest absolute Gasteiger partial charge is 0.368 e. The summed E-state index contributed by atoms with van der Waals surface area (Å²) >= 11 is 0. The number of hydrogen-bond donors (Lipinski definition) is 2. The van der Waals surface area contributed by atoms with Gasteiger partial charge in [0.05, 0.1) is 6.04 Å². The van der Waals surface area contributed by atoms with Crippen LogP contribution in [0.25, 0.3) is 0 Å². The maximum Gasteiger partial charge on any atom is 0.234 e. The zero-order valence-corrected chi connectivity index (χ0v) is 9.16. The number of carbonyl (C=O) groups excluding carboxylic acids is 1. The van der Waals surface area contributed by atoms with Crippen molar-refractivity contribution in [3.63, 3.8) is 0 Å². The van der Waals surface area contributed by atoms with E-state index in [1.807, 2.05) is 26.1 Å². The van der Waals surface area contributed by atoms with Crippen LogP contribution in [0, 0.1) is 6.92 Å². The summed E-state index contributed by atoms with van der Waals surface area (Å²) in [7, 11) is 0. The molecule has 15 heavy (non-hydrogen) atoms. The van der Waals surface area contributed by atoms with Crippen LogP contribution in [0.3, 0.4) is 0 Å². The Kier molecular flexibility index (Phi) is 4.24. The zero-order chi connectivity index (χ0) is 11.3. The average molecular weight is 207 g/mol. The fourth-order valence-electron chi connectivity index (χ4n) is 1.38. The van der Waals surface area contributed by atoms with Crippen LogP contribution in [0.1, 0.15) is 24.5 Å². The van der Waals surface area contributed by atoms with Crippen molar-refractivity contribution >= 4 is 5.91 Å². The Hall–Kier alpha value is -1.42. The van der Waals surface area contributed by atoms with Crippen LogP contribution in [-0.2, 0) is 11.3 Å². The number of hydrogen-bond acceptors (Lipinski definition) is 3. The molecule has 1 aromatic rings. The molecule has 1 atom stereocenters. The molecule has 1 rings (SSSR count). The Morgan fingerprint density at radius 2 is 2.40 bits per heavy atom. The summed E-state index contributed by atoms with van der Waals surface area (Å²) in [6, 6.07) is 1.69. The first kappa shape index (κ1) is 11.7. The third-order valence-electron chi connectivity index (χ3n) is 2.43. The van der Waals surface area contributed by atoms with E-state index >= 15 is 0 Å². The van der Waals surface area contributed by atoms with Crippen LogP contribution in [0.5, 0.6) is 0 Å². The lowest BCUT2D eigenvalue weighted by Gasteiger charge is -2.13. The summed E-state index contributed by atoms with van der Waals surface area (Å²) in [5, 5.41) is 3.12. The van der Waals surface area contributed by atoms with Gasteiger partial charge in [0.15, 0.2) is 0 Å². The highest BCUT2D eigenvalue weighted by Gasteiger charge is 2.11. The molecule has 0 spiro atoms. The Bertz CT molecular complexity index is 338. The minimum atomic E-state index is -0.302. The molecule has 1 heterocycles. The van der Waals surface area contributed by atoms with Gasteiger partial charge in [-0.05, 0) is 30.5 Å². The van der Waals surface area contributed by atoms with Gasteiger partial charge in [0.1, 0.15) is 0 Å². The van der Waals surface area contributed by atoms with Crippen molar-refractivity contribution in [2.45, 2.75) is 32.9 Å². The number of amides is 1. The molecule has 1 amide bonds. The van der Waals surface area contributed by atoms with E-state index < -0.39 is 0 Å². The highest BCUT2D eigenvalue weighted by atomic mass is 16.1. The van der Waals surface area contributed by atoms with Crippen LogP contribution in [0.4, 0.5) is 0 Å². The summed E-state index contributed by atoms with van der Waals surface area (Å²) in [5.74, 6) is -0.302. The third kappa shape index (κ3) is 3.32. The number of rotatable bonds is 5. The summed E-state index contributed by atoms with van der Waals surface area (Å²) < 4.78 is 0. The van der Waals surface area contributed by atoms with E-state index in [-0.39, 0.29) is 11.9 Å². The Balaban J connectivity index is 2.56. The maximum absolute atomic E-state index is 11.0. The van der Waals surface area contributed by atoms with Gasteiger partial charge < -0.3 is 11.1 Å². The van der Waals surface area contributed by atoms with Crippen LogP contribution in [-0.4, -0.2) is 16.9 Å². The molecule has 0 bridgehead atoms. The lowest BCUT2D eigenvalue weighted by Crippen LogP contribution is -2.40. The topological polar surface area (TPSA) is 68.0 Å². The standard InChI is InChI=1S/C11H17N3O/c1-3-10(11(12)15)14-7-9-4-5-13-6-8(9)2/h4-6,10,14H,3,7H2,1-2H3,(H2,12,15). The van der Waals surface area contributed by atoms with Crippen molar-refractivity contribution in [3.8, 4) is 0 Å². The van der Waals surface area contributed by atoms with Crippen molar-refractivity contribution in [1.29, 1.82) is 0 Å². The second-order valence-electron chi connectivity index (χ2n) is 3.55. The Morgan fingerprint density at radius 1 is 1.67 bits per heavy atom. The Labute approximate surface area is 89.9 Å². The van der Waals surface area contributed by atoms with E-state index in [0.717, 1.165) is 11.1 Å². The number of aryl methyl sites for hydroxylation is 1. The lowest BCUT2D eigenvalue weighted by molar-refractivity contribution is -0.120. The molecule has 0 aliphatic rings. The first-order valence-corrected chi connectivity index (χ1v) is 5.07. The molecule has 82 valence electrons. The molecule has 1 unspecified atom stereocenters. The molecule has 3 N–H and O–H groups in total. The maximum atomic E-state index is 11.0. The highest BCUT2D eigenvalue weighted by molar-refractivity contribution is 5.79. The number of carbonyl (C=O) groups is 1. The number of nitrogens with one attached hydrogen (secondary N) is 1. The molecule has 0 radical (unpaired) electrons. The van der Waals surface area contributed by atoms with Crippen molar-refractivity contribution in [2.75, 3.05) is 0 Å². The number of aromatic nitrogens is 1. The third-order valence-corrected chi connectivity index (χ3v) is 2.43. The average Bonchev–Trinajstić information content (AvgIpc) is 2.21. The quantitative estimate of drug-likeness (QED) is 0.748. The number of primary amides is 1. The molecule has 0 saturated carbocycles. The van der Waals surface area contributed by atoms with Gasteiger partial charge in [-0.3, -0.25) is 9.78 Å². The van der Waals surface area contributed by atoms with Crippen LogP contribution < -0.4 is 11.1 Å². The minimum absolute atomic E-state index is 0.252. The van der Waals surface area contributed by atoms with E-state index in [1.165, 1.54) is 0 Å². The monoisotopic (exact) mass is 207 g/mol. The molecule has 0 aromatic carbocycles. The second-order valence-corrected chi connectivity index (χ2v) is 3.55. The fourth-order valence-corrected chi connectivity index (χ4v) is 1.38. The van der Waals surface area contributed by atoms with Gasteiger partial charge >= 0.3 is 0 Å². The van der Waals surface area contributed by atoms with Gasteiger partial charge in [-0.15, -0.1) is 0 Å². The van der Waals surface area contributed by atoms with E-state index in [0.29, 0.717) is 13.0 Å². The summed E-state index contributed by atoms with van der Waals surface area (Å²) in [5.41, 5.74) is 7.49. The summed E-state index contributed by atoms with van der Waals surface area (Å²) in [4.78, 5) is 15.0. The fraction of sp³-hybridized carbons (Fsp3) is 0.455. The smallest absolute Gasteiger partial charge is 0.234 e. The van der Waals surface area contributed by atoms with Crippen molar-refractivity contribution in [1.82, 2.24) is 10.3 Å². The van der Waals surface area contributed by atoms with Gasteiger partial charge in [0, 0.05) is 18.9 Å². The zero-order valence-electron chi connectivity index (χ0n) is 9.16. The molecule has 0 aliphatic carbocycles. The Morgan fingerprint density at radius 3 is 2.93 bits per heavy atom. The second kappa shape index (κ2) is 5.46. The van der Waals surface area contributed by atoms with Crippen molar-refractivity contribution < 1.29 is 4.79 Å². The van der Waals surface area contributed by atoms with E-state index in [1.54, 1.807) is 6.20 Å². The number of pyridine rings is 1. The van der Waals surface area contributed by atoms with E-state index in [4.69, 9.17) is 5.73 Å². The van der Waals surface area contributed by atoms with E-state index in [2.05, 4.69) is 10.3 Å². The summed E-state index contributed by atoms with van der Waals surface area (Å²) in [6.45, 7) is 4.58. The predicted octanol–water partition coefficient (Wildman–Crippen LogP) is 0.744. The minimum Gasteiger partial charge on any atom is -0.368 e. The van der Waals surface area contributed by atoms with E-state index in [9.17, 15) is 4.79 Å². The molecule has 4 heteroatoms. The van der Waals surface area contributed by atoms with Crippen LogP contribution in [0.2, 0.25) is 0 Å². The lowest BCUT2D eigenvalue weighted by atomic mass is 10.1. The van der Waals surface area contributed by atoms with Crippen molar-refractivity contribution in [2.24, 2.45) is 5.73 Å².